The molecule has 1 aromatic carbocycles. The van der Waals surface area contributed by atoms with Crippen molar-refractivity contribution in [3.05, 3.63) is 84.4 Å². The number of hydrogen-bond acceptors (Lipinski definition) is 4. The first-order valence-electron chi connectivity index (χ1n) is 11.1. The molecule has 0 bridgehead atoms. The Morgan fingerprint density at radius 1 is 1.03 bits per heavy atom. The van der Waals surface area contributed by atoms with Crippen LogP contribution in [0.1, 0.15) is 35.7 Å². The lowest BCUT2D eigenvalue weighted by Crippen LogP contribution is -2.54. The number of nitrogens with one attached hydrogen (secondary N) is 1. The third-order valence-electron chi connectivity index (χ3n) is 6.13. The Bertz CT molecular complexity index is 1070. The van der Waals surface area contributed by atoms with Gasteiger partial charge in [-0.2, -0.15) is 0 Å². The van der Waals surface area contributed by atoms with Gasteiger partial charge in [0.05, 0.1) is 11.0 Å². The summed E-state index contributed by atoms with van der Waals surface area (Å²) in [5.41, 5.74) is 3.13. The predicted molar refractivity (Wildman–Crippen MR) is 124 cm³/mol. The Morgan fingerprint density at radius 2 is 1.84 bits per heavy atom. The van der Waals surface area contributed by atoms with Crippen LogP contribution in [0, 0.1) is 5.41 Å². The SMILES string of the molecule is CCNC(=O)[C@@]1(Cc2ccccc2-c2ccncc2)CCCN(C(=O)c2cccnc2)C1. The quantitative estimate of drug-likeness (QED) is 0.649. The molecule has 4 rings (SSSR count). The largest absolute Gasteiger partial charge is 0.356 e. The molecule has 6 nitrogen and oxygen atoms in total. The summed E-state index contributed by atoms with van der Waals surface area (Å²) in [5.74, 6) is -0.0675. The summed E-state index contributed by atoms with van der Waals surface area (Å²) in [4.78, 5) is 36.6. The fourth-order valence-electron chi connectivity index (χ4n) is 4.59. The van der Waals surface area contributed by atoms with Crippen LogP contribution in [0.25, 0.3) is 11.1 Å². The van der Waals surface area contributed by atoms with Gasteiger partial charge in [0.25, 0.3) is 5.91 Å². The summed E-state index contributed by atoms with van der Waals surface area (Å²) in [6, 6.07) is 15.7. The molecule has 0 radical (unpaired) electrons. The molecule has 1 aliphatic heterocycles. The predicted octanol–water partition coefficient (Wildman–Crippen LogP) is 3.74. The lowest BCUT2D eigenvalue weighted by molar-refractivity contribution is -0.133. The topological polar surface area (TPSA) is 75.2 Å². The second-order valence-corrected chi connectivity index (χ2v) is 8.28. The molecule has 0 spiro atoms. The van der Waals surface area contributed by atoms with E-state index in [1.54, 1.807) is 36.9 Å². The second kappa shape index (κ2) is 9.73. The van der Waals surface area contributed by atoms with Gasteiger partial charge >= 0.3 is 0 Å². The third kappa shape index (κ3) is 4.54. The molecule has 0 unspecified atom stereocenters. The number of likely N-dealkylation sites (tertiary alicyclic amines) is 1. The van der Waals surface area contributed by atoms with Crippen LogP contribution in [0.5, 0.6) is 0 Å². The summed E-state index contributed by atoms with van der Waals surface area (Å²) < 4.78 is 0. The lowest BCUT2D eigenvalue weighted by atomic mass is 9.73. The molecule has 32 heavy (non-hydrogen) atoms. The van der Waals surface area contributed by atoms with Crippen molar-refractivity contribution in [1.82, 2.24) is 20.2 Å². The van der Waals surface area contributed by atoms with E-state index in [-0.39, 0.29) is 11.8 Å². The van der Waals surface area contributed by atoms with Crippen molar-refractivity contribution < 1.29 is 9.59 Å². The highest BCUT2D eigenvalue weighted by Crippen LogP contribution is 2.37. The van der Waals surface area contributed by atoms with Gasteiger partial charge in [-0.25, -0.2) is 0 Å². The fraction of sp³-hybridized carbons (Fsp3) is 0.308. The minimum Gasteiger partial charge on any atom is -0.356 e. The van der Waals surface area contributed by atoms with Crippen molar-refractivity contribution in [3.63, 3.8) is 0 Å². The molecule has 3 heterocycles. The summed E-state index contributed by atoms with van der Waals surface area (Å²) in [6.45, 7) is 3.51. The molecule has 2 aromatic heterocycles. The van der Waals surface area contributed by atoms with E-state index in [0.717, 1.165) is 29.5 Å². The van der Waals surface area contributed by atoms with Crippen LogP contribution >= 0.6 is 0 Å². The number of aromatic nitrogens is 2. The van der Waals surface area contributed by atoms with Crippen molar-refractivity contribution in [2.75, 3.05) is 19.6 Å². The summed E-state index contributed by atoms with van der Waals surface area (Å²) in [6.07, 6.45) is 8.88. The van der Waals surface area contributed by atoms with Crippen molar-refractivity contribution in [1.29, 1.82) is 0 Å². The molecule has 1 N–H and O–H groups in total. The third-order valence-corrected chi connectivity index (χ3v) is 6.13. The first-order chi connectivity index (χ1) is 15.6. The van der Waals surface area contributed by atoms with Crippen LogP contribution < -0.4 is 5.32 Å². The Morgan fingerprint density at radius 3 is 2.59 bits per heavy atom. The average Bonchev–Trinajstić information content (AvgIpc) is 2.85. The number of hydrogen-bond donors (Lipinski definition) is 1. The number of nitrogens with zero attached hydrogens (tertiary/aromatic N) is 3. The average molecular weight is 429 g/mol. The number of benzene rings is 1. The molecular formula is C26H28N4O2. The van der Waals surface area contributed by atoms with E-state index < -0.39 is 5.41 Å². The Labute approximate surface area is 188 Å². The second-order valence-electron chi connectivity index (χ2n) is 8.28. The Balaban J connectivity index is 1.68. The van der Waals surface area contributed by atoms with Crippen LogP contribution in [0.4, 0.5) is 0 Å². The number of rotatable bonds is 6. The van der Waals surface area contributed by atoms with Gasteiger partial charge in [0.1, 0.15) is 0 Å². The highest BCUT2D eigenvalue weighted by molar-refractivity contribution is 5.94. The molecular weight excluding hydrogens is 400 g/mol. The molecule has 0 aliphatic carbocycles. The van der Waals surface area contributed by atoms with Gasteiger partial charge < -0.3 is 10.2 Å². The van der Waals surface area contributed by atoms with Gasteiger partial charge in [-0.15, -0.1) is 0 Å². The van der Waals surface area contributed by atoms with Crippen molar-refractivity contribution in [2.24, 2.45) is 5.41 Å². The minimum absolute atomic E-state index is 0.00761. The number of piperidine rings is 1. The molecule has 2 amide bonds. The van der Waals surface area contributed by atoms with Crippen LogP contribution in [0.15, 0.2) is 73.3 Å². The summed E-state index contributed by atoms with van der Waals surface area (Å²) in [5, 5.41) is 3.04. The molecule has 1 aliphatic rings. The smallest absolute Gasteiger partial charge is 0.255 e. The van der Waals surface area contributed by atoms with E-state index >= 15 is 0 Å². The maximum Gasteiger partial charge on any atom is 0.255 e. The van der Waals surface area contributed by atoms with Crippen molar-refractivity contribution in [2.45, 2.75) is 26.2 Å². The van der Waals surface area contributed by atoms with Gasteiger partial charge in [-0.05, 0) is 67.1 Å². The van der Waals surface area contributed by atoms with E-state index in [0.29, 0.717) is 31.6 Å². The zero-order valence-corrected chi connectivity index (χ0v) is 18.3. The zero-order valence-electron chi connectivity index (χ0n) is 18.3. The standard InChI is InChI=1S/C26H28N4O2/c1-2-29-25(32)26(12-6-16-30(19-26)24(31)22-8-5-13-28-18-22)17-21-7-3-4-9-23(21)20-10-14-27-15-11-20/h3-5,7-11,13-15,18H,2,6,12,16-17,19H2,1H3,(H,29,32)/t26-/m1/s1. The first kappa shape index (κ1) is 21.7. The molecule has 1 atom stereocenters. The molecule has 164 valence electrons. The summed E-state index contributed by atoms with van der Waals surface area (Å²) >= 11 is 0. The maximum absolute atomic E-state index is 13.4. The highest BCUT2D eigenvalue weighted by Gasteiger charge is 2.43. The van der Waals surface area contributed by atoms with Gasteiger partial charge in [0.15, 0.2) is 0 Å². The zero-order chi connectivity index (χ0) is 22.4. The van der Waals surface area contributed by atoms with Crippen LogP contribution in [0.3, 0.4) is 0 Å². The van der Waals surface area contributed by atoms with Crippen molar-refractivity contribution in [3.8, 4) is 11.1 Å². The van der Waals surface area contributed by atoms with Gasteiger partial charge in [0, 0.05) is 44.4 Å². The van der Waals surface area contributed by atoms with Crippen LogP contribution in [0.2, 0.25) is 0 Å². The molecule has 6 heteroatoms. The molecule has 0 saturated carbocycles. The number of amides is 2. The lowest BCUT2D eigenvalue weighted by Gasteiger charge is -2.42. The van der Waals surface area contributed by atoms with E-state index in [1.807, 2.05) is 36.1 Å². The Kier molecular flexibility index (Phi) is 6.59. The number of pyridine rings is 2. The molecule has 3 aromatic rings. The highest BCUT2D eigenvalue weighted by atomic mass is 16.2. The maximum atomic E-state index is 13.4. The van der Waals surface area contributed by atoms with E-state index in [4.69, 9.17) is 0 Å². The Hall–Kier alpha value is -3.54. The van der Waals surface area contributed by atoms with Gasteiger partial charge in [0.2, 0.25) is 5.91 Å². The van der Waals surface area contributed by atoms with E-state index in [9.17, 15) is 9.59 Å². The van der Waals surface area contributed by atoms with Crippen molar-refractivity contribution >= 4 is 11.8 Å². The first-order valence-corrected chi connectivity index (χ1v) is 11.1. The number of carbonyl (C=O) groups excluding carboxylic acids is 2. The normalized spacial score (nSPS) is 18.2. The van der Waals surface area contributed by atoms with Crippen LogP contribution in [-0.2, 0) is 11.2 Å². The summed E-state index contributed by atoms with van der Waals surface area (Å²) in [7, 11) is 0. The minimum atomic E-state index is -0.685. The van der Waals surface area contributed by atoms with Gasteiger partial charge in [-0.3, -0.25) is 19.6 Å². The number of carbonyl (C=O) groups is 2. The van der Waals surface area contributed by atoms with Gasteiger partial charge in [-0.1, -0.05) is 24.3 Å². The monoisotopic (exact) mass is 428 g/mol. The van der Waals surface area contributed by atoms with E-state index in [2.05, 4.69) is 27.4 Å². The fourth-order valence-corrected chi connectivity index (χ4v) is 4.59. The molecule has 1 fully saturated rings. The van der Waals surface area contributed by atoms with E-state index in [1.165, 1.54) is 0 Å². The molecule has 1 saturated heterocycles. The van der Waals surface area contributed by atoms with Crippen LogP contribution in [-0.4, -0.2) is 46.3 Å².